The molecule has 15 heavy (non-hydrogen) atoms. The van der Waals surface area contributed by atoms with Gasteiger partial charge in [-0.25, -0.2) is 0 Å². The number of nitrogens with zero attached hydrogens (tertiary/aromatic N) is 1. The van der Waals surface area contributed by atoms with E-state index < -0.39 is 5.79 Å². The van der Waals surface area contributed by atoms with E-state index in [1.165, 1.54) is 6.92 Å². The molecule has 1 N–H and O–H groups in total. The minimum Gasteiger partial charge on any atom is -0.348 e. The molecule has 0 spiro atoms. The van der Waals surface area contributed by atoms with Crippen LogP contribution in [0.15, 0.2) is 5.10 Å². The van der Waals surface area contributed by atoms with Gasteiger partial charge in [-0.15, -0.1) is 0 Å². The Hall–Kier alpha value is -0.940. The van der Waals surface area contributed by atoms with Crippen molar-refractivity contribution in [3.8, 4) is 0 Å². The van der Waals surface area contributed by atoms with Gasteiger partial charge >= 0.3 is 0 Å². The normalized spacial score (nSPS) is 33.7. The van der Waals surface area contributed by atoms with Gasteiger partial charge in [0.2, 0.25) is 0 Å². The van der Waals surface area contributed by atoms with E-state index in [9.17, 15) is 4.79 Å². The van der Waals surface area contributed by atoms with Crippen LogP contribution in [0.3, 0.4) is 0 Å². The maximum absolute atomic E-state index is 11.3. The maximum Gasteiger partial charge on any atom is 0.176 e. The third-order valence-electron chi connectivity index (χ3n) is 2.70. The Morgan fingerprint density at radius 2 is 2.33 bits per heavy atom. The van der Waals surface area contributed by atoms with Crippen LogP contribution >= 0.6 is 0 Å². The van der Waals surface area contributed by atoms with E-state index >= 15 is 0 Å². The molecule has 0 aliphatic carbocycles. The minimum absolute atomic E-state index is 0.00157. The first kappa shape index (κ1) is 10.6. The van der Waals surface area contributed by atoms with Gasteiger partial charge in [0, 0.05) is 13.5 Å². The van der Waals surface area contributed by atoms with Gasteiger partial charge in [-0.1, -0.05) is 0 Å². The summed E-state index contributed by atoms with van der Waals surface area (Å²) in [5.41, 5.74) is 3.41. The molecule has 2 atom stereocenters. The van der Waals surface area contributed by atoms with Crippen molar-refractivity contribution in [3.05, 3.63) is 0 Å². The maximum atomic E-state index is 11.3. The predicted octanol–water partition coefficient (Wildman–Crippen LogP) is 0.302. The molecule has 5 heteroatoms. The van der Waals surface area contributed by atoms with E-state index in [1.807, 2.05) is 13.8 Å². The molecule has 0 aromatic carbocycles. The monoisotopic (exact) mass is 212 g/mol. The van der Waals surface area contributed by atoms with E-state index in [0.717, 1.165) is 0 Å². The minimum atomic E-state index is -0.546. The van der Waals surface area contributed by atoms with E-state index in [2.05, 4.69) is 10.5 Å². The smallest absolute Gasteiger partial charge is 0.176 e. The summed E-state index contributed by atoms with van der Waals surface area (Å²) in [5.74, 6) is -0.530. The molecule has 84 valence electrons. The van der Waals surface area contributed by atoms with Crippen LogP contribution in [-0.4, -0.2) is 36.5 Å². The molecule has 0 saturated carbocycles. The number of ether oxygens (including phenoxy) is 2. The Morgan fingerprint density at radius 3 is 2.87 bits per heavy atom. The lowest BCUT2D eigenvalue weighted by Gasteiger charge is -2.20. The van der Waals surface area contributed by atoms with Gasteiger partial charge < -0.3 is 14.9 Å². The molecule has 5 nitrogen and oxygen atoms in total. The number of Topliss-reactive ketones (excluding diaryl/α,β-unsaturated/α-hetero) is 1. The van der Waals surface area contributed by atoms with Gasteiger partial charge in [0.25, 0.3) is 0 Å². The molecule has 1 fully saturated rings. The zero-order valence-electron chi connectivity index (χ0n) is 9.24. The SMILES string of the molecule is CC(=O)C1=NNC[C@H]1[C@H]1COC(C)(C)O1. The Bertz CT molecular complexity index is 312. The van der Waals surface area contributed by atoms with Crippen molar-refractivity contribution in [2.45, 2.75) is 32.7 Å². The Labute approximate surface area is 88.8 Å². The fourth-order valence-electron chi connectivity index (χ4n) is 1.97. The molecule has 1 saturated heterocycles. The molecular weight excluding hydrogens is 196 g/mol. The zero-order chi connectivity index (χ0) is 11.1. The number of hydrogen-bond donors (Lipinski definition) is 1. The van der Waals surface area contributed by atoms with Gasteiger partial charge in [-0.3, -0.25) is 4.79 Å². The van der Waals surface area contributed by atoms with Gasteiger partial charge in [-0.05, 0) is 13.8 Å². The van der Waals surface area contributed by atoms with E-state index in [-0.39, 0.29) is 17.8 Å². The molecule has 2 aliphatic rings. The van der Waals surface area contributed by atoms with Crippen LogP contribution in [0.5, 0.6) is 0 Å². The van der Waals surface area contributed by atoms with E-state index in [0.29, 0.717) is 18.9 Å². The first-order valence-corrected chi connectivity index (χ1v) is 5.13. The number of carbonyl (C=O) groups is 1. The summed E-state index contributed by atoms with van der Waals surface area (Å²) in [4.78, 5) is 11.3. The molecule has 2 heterocycles. The topological polar surface area (TPSA) is 59.9 Å². The van der Waals surface area contributed by atoms with Crippen molar-refractivity contribution in [2.75, 3.05) is 13.2 Å². The fourth-order valence-corrected chi connectivity index (χ4v) is 1.97. The van der Waals surface area contributed by atoms with Crippen molar-refractivity contribution < 1.29 is 14.3 Å². The van der Waals surface area contributed by atoms with Crippen LogP contribution in [-0.2, 0) is 14.3 Å². The van der Waals surface area contributed by atoms with Crippen LogP contribution in [0.25, 0.3) is 0 Å². The van der Waals surface area contributed by atoms with Crippen LogP contribution in [0.2, 0.25) is 0 Å². The lowest BCUT2D eigenvalue weighted by molar-refractivity contribution is -0.141. The summed E-state index contributed by atoms with van der Waals surface area (Å²) >= 11 is 0. The average molecular weight is 212 g/mol. The average Bonchev–Trinajstić information content (AvgIpc) is 2.69. The van der Waals surface area contributed by atoms with Crippen molar-refractivity contribution in [1.82, 2.24) is 5.43 Å². The first-order chi connectivity index (χ1) is 6.99. The van der Waals surface area contributed by atoms with Gasteiger partial charge in [0.05, 0.1) is 18.6 Å². The number of ketones is 1. The standard InChI is InChI=1S/C10H16N2O3/c1-6(13)9-7(4-11-12-9)8-5-14-10(2,3)15-8/h7-8,11H,4-5H2,1-3H3/t7-,8+/m0/s1. The van der Waals surface area contributed by atoms with Crippen LogP contribution in [0.1, 0.15) is 20.8 Å². The van der Waals surface area contributed by atoms with Crippen LogP contribution < -0.4 is 5.43 Å². The quantitative estimate of drug-likeness (QED) is 0.715. The second kappa shape index (κ2) is 3.57. The summed E-state index contributed by atoms with van der Waals surface area (Å²) < 4.78 is 11.2. The molecule has 0 aromatic rings. The Morgan fingerprint density at radius 1 is 1.60 bits per heavy atom. The number of rotatable bonds is 2. The lowest BCUT2D eigenvalue weighted by Crippen LogP contribution is -2.35. The van der Waals surface area contributed by atoms with Crippen molar-refractivity contribution in [1.29, 1.82) is 0 Å². The van der Waals surface area contributed by atoms with Gasteiger partial charge in [0.15, 0.2) is 11.6 Å². The molecule has 0 unspecified atom stereocenters. The highest BCUT2D eigenvalue weighted by atomic mass is 16.7. The summed E-state index contributed by atoms with van der Waals surface area (Å²) in [6.07, 6.45) is -0.0716. The Kier molecular flexibility index (Phi) is 2.52. The zero-order valence-corrected chi connectivity index (χ0v) is 9.24. The largest absolute Gasteiger partial charge is 0.348 e. The summed E-state index contributed by atoms with van der Waals surface area (Å²) in [7, 11) is 0. The van der Waals surface area contributed by atoms with Crippen molar-refractivity contribution in [2.24, 2.45) is 11.0 Å². The van der Waals surface area contributed by atoms with E-state index in [1.54, 1.807) is 0 Å². The number of nitrogens with one attached hydrogen (secondary N) is 1. The molecule has 0 amide bonds. The lowest BCUT2D eigenvalue weighted by atomic mass is 9.96. The van der Waals surface area contributed by atoms with Crippen LogP contribution in [0.4, 0.5) is 0 Å². The fraction of sp³-hybridized carbons (Fsp3) is 0.800. The number of hydrogen-bond acceptors (Lipinski definition) is 5. The summed E-state index contributed by atoms with van der Waals surface area (Å²) in [5, 5.41) is 3.99. The highest BCUT2D eigenvalue weighted by Gasteiger charge is 2.41. The second-order valence-electron chi connectivity index (χ2n) is 4.39. The second-order valence-corrected chi connectivity index (χ2v) is 4.39. The number of carbonyl (C=O) groups excluding carboxylic acids is 1. The highest BCUT2D eigenvalue weighted by Crippen LogP contribution is 2.28. The van der Waals surface area contributed by atoms with Gasteiger partial charge in [0.1, 0.15) is 5.71 Å². The van der Waals surface area contributed by atoms with Crippen LogP contribution in [0, 0.1) is 5.92 Å². The molecule has 0 radical (unpaired) electrons. The summed E-state index contributed by atoms with van der Waals surface area (Å²) in [6.45, 7) is 6.45. The molecular formula is C10H16N2O3. The highest BCUT2D eigenvalue weighted by molar-refractivity contribution is 6.40. The molecule has 0 bridgehead atoms. The molecule has 2 rings (SSSR count). The predicted molar refractivity (Wildman–Crippen MR) is 54.5 cm³/mol. The Balaban J connectivity index is 2.07. The molecule has 2 aliphatic heterocycles. The van der Waals surface area contributed by atoms with Gasteiger partial charge in [-0.2, -0.15) is 5.10 Å². The van der Waals surface area contributed by atoms with E-state index in [4.69, 9.17) is 9.47 Å². The van der Waals surface area contributed by atoms with Crippen molar-refractivity contribution >= 4 is 11.5 Å². The third-order valence-corrected chi connectivity index (χ3v) is 2.70. The third kappa shape index (κ3) is 2.03. The summed E-state index contributed by atoms with van der Waals surface area (Å²) in [6, 6.07) is 0. The first-order valence-electron chi connectivity index (χ1n) is 5.13. The number of hydrazone groups is 1. The molecule has 0 aromatic heterocycles. The van der Waals surface area contributed by atoms with Crippen molar-refractivity contribution in [3.63, 3.8) is 0 Å².